The third kappa shape index (κ3) is 5.98. The van der Waals surface area contributed by atoms with E-state index in [0.29, 0.717) is 30.4 Å². The maximum Gasteiger partial charge on any atom is 0.255 e. The number of piperidine rings is 2. The van der Waals surface area contributed by atoms with Crippen molar-refractivity contribution in [2.75, 3.05) is 26.2 Å². The van der Waals surface area contributed by atoms with Crippen LogP contribution >= 0.6 is 0 Å². The van der Waals surface area contributed by atoms with Gasteiger partial charge in [0.2, 0.25) is 17.7 Å². The Labute approximate surface area is 218 Å². The van der Waals surface area contributed by atoms with Crippen LogP contribution in [0.1, 0.15) is 80.1 Å². The van der Waals surface area contributed by atoms with Crippen LogP contribution in [-0.4, -0.2) is 71.8 Å². The monoisotopic (exact) mass is 510 g/mol. The van der Waals surface area contributed by atoms with E-state index in [1.54, 1.807) is 11.0 Å². The highest BCUT2D eigenvalue weighted by atomic mass is 16.5. The Morgan fingerprint density at radius 3 is 2.32 bits per heavy atom. The van der Waals surface area contributed by atoms with Gasteiger partial charge < -0.3 is 19.9 Å². The van der Waals surface area contributed by atoms with E-state index in [0.717, 1.165) is 50.3 Å². The van der Waals surface area contributed by atoms with Gasteiger partial charge in [0.1, 0.15) is 11.8 Å². The third-order valence-corrected chi connectivity index (χ3v) is 8.15. The number of carbonyl (C=O) groups excluding carboxylic acids is 4. The zero-order valence-electron chi connectivity index (χ0n) is 21.5. The molecule has 6 rings (SSSR count). The molecule has 0 spiro atoms. The first kappa shape index (κ1) is 25.7. The molecule has 4 aliphatic heterocycles. The van der Waals surface area contributed by atoms with Gasteiger partial charge in [0, 0.05) is 44.7 Å². The number of hydrogen-bond donors (Lipinski definition) is 2. The van der Waals surface area contributed by atoms with Gasteiger partial charge in [0.15, 0.2) is 0 Å². The van der Waals surface area contributed by atoms with Crippen molar-refractivity contribution in [3.8, 4) is 5.75 Å². The molecule has 37 heavy (non-hydrogen) atoms. The normalized spacial score (nSPS) is 24.5. The number of nitrogens with one attached hydrogen (secondary N) is 2. The molecule has 0 bridgehead atoms. The van der Waals surface area contributed by atoms with E-state index in [1.807, 2.05) is 17.0 Å². The van der Waals surface area contributed by atoms with Crippen molar-refractivity contribution in [3.05, 3.63) is 29.3 Å². The lowest BCUT2D eigenvalue weighted by molar-refractivity contribution is -0.138. The summed E-state index contributed by atoms with van der Waals surface area (Å²) in [7, 11) is 0. The lowest BCUT2D eigenvalue weighted by atomic mass is 9.98. The lowest BCUT2D eigenvalue weighted by Crippen LogP contribution is -2.52. The summed E-state index contributed by atoms with van der Waals surface area (Å²) < 4.78 is 6.08. The predicted octanol–water partition coefficient (Wildman–Crippen LogP) is 2.38. The van der Waals surface area contributed by atoms with E-state index in [-0.39, 0.29) is 30.2 Å². The molecule has 0 radical (unpaired) electrons. The van der Waals surface area contributed by atoms with Crippen molar-refractivity contribution < 1.29 is 23.9 Å². The van der Waals surface area contributed by atoms with Crippen LogP contribution in [0, 0.1) is 5.92 Å². The standard InChI is InChI=1S/C19H22N2O4.C9H16N2O/c22-17-9-8-16(18(23)20-17)21-11-12-10-14(6-7-15(12)19(21)24)25-13-4-2-1-3-5-13;12-9(8-6-10-7-8)11-4-2-1-3-5-11/h6-7,10,13,16H,1-5,8-9,11H2,(H,20,22,23);8,10H,1-7H2. The molecular weight excluding hydrogens is 472 g/mol. The number of imide groups is 1. The van der Waals surface area contributed by atoms with Crippen LogP contribution < -0.4 is 15.4 Å². The van der Waals surface area contributed by atoms with Crippen LogP contribution in [0.5, 0.6) is 5.75 Å². The van der Waals surface area contributed by atoms with Gasteiger partial charge in [-0.15, -0.1) is 0 Å². The van der Waals surface area contributed by atoms with Crippen molar-refractivity contribution in [3.63, 3.8) is 0 Å². The number of fused-ring (bicyclic) bond motifs is 1. The molecule has 200 valence electrons. The largest absolute Gasteiger partial charge is 0.490 e. The minimum atomic E-state index is -0.569. The number of ether oxygens (including phenoxy) is 1. The molecule has 5 aliphatic rings. The number of hydrogen-bond acceptors (Lipinski definition) is 6. The molecule has 1 aromatic carbocycles. The Balaban J connectivity index is 0.000000195. The summed E-state index contributed by atoms with van der Waals surface area (Å²) >= 11 is 0. The van der Waals surface area contributed by atoms with Crippen LogP contribution in [0.15, 0.2) is 18.2 Å². The maximum absolute atomic E-state index is 12.6. The van der Waals surface area contributed by atoms with Gasteiger partial charge in [0.05, 0.1) is 12.0 Å². The molecule has 4 heterocycles. The van der Waals surface area contributed by atoms with E-state index in [4.69, 9.17) is 4.74 Å². The average Bonchev–Trinajstić information content (AvgIpc) is 3.20. The van der Waals surface area contributed by atoms with Crippen molar-refractivity contribution in [1.82, 2.24) is 20.4 Å². The van der Waals surface area contributed by atoms with Gasteiger partial charge in [-0.1, -0.05) is 6.42 Å². The highest BCUT2D eigenvalue weighted by Crippen LogP contribution is 2.31. The van der Waals surface area contributed by atoms with Gasteiger partial charge in [-0.3, -0.25) is 24.5 Å². The summed E-state index contributed by atoms with van der Waals surface area (Å²) in [5.74, 6) is 0.679. The number of benzene rings is 1. The van der Waals surface area contributed by atoms with Gasteiger partial charge in [-0.25, -0.2) is 0 Å². The number of nitrogens with zero attached hydrogens (tertiary/aromatic N) is 2. The van der Waals surface area contributed by atoms with Gasteiger partial charge in [-0.2, -0.15) is 0 Å². The van der Waals surface area contributed by atoms with E-state index >= 15 is 0 Å². The highest BCUT2D eigenvalue weighted by Gasteiger charge is 2.39. The molecule has 1 aliphatic carbocycles. The van der Waals surface area contributed by atoms with Crippen LogP contribution in [0.4, 0.5) is 0 Å². The molecule has 3 saturated heterocycles. The smallest absolute Gasteiger partial charge is 0.255 e. The van der Waals surface area contributed by atoms with Crippen LogP contribution in [-0.2, 0) is 20.9 Å². The minimum absolute atomic E-state index is 0.145. The molecule has 1 saturated carbocycles. The van der Waals surface area contributed by atoms with Gasteiger partial charge in [0.25, 0.3) is 5.91 Å². The van der Waals surface area contributed by atoms with Crippen LogP contribution in [0.25, 0.3) is 0 Å². The molecule has 1 unspecified atom stereocenters. The second-order valence-corrected chi connectivity index (χ2v) is 10.8. The Morgan fingerprint density at radius 2 is 1.65 bits per heavy atom. The second kappa shape index (κ2) is 11.6. The first-order valence-electron chi connectivity index (χ1n) is 13.9. The maximum atomic E-state index is 12.6. The average molecular weight is 511 g/mol. The zero-order chi connectivity index (χ0) is 25.8. The fourth-order valence-corrected chi connectivity index (χ4v) is 5.84. The quantitative estimate of drug-likeness (QED) is 0.603. The highest BCUT2D eigenvalue weighted by molar-refractivity contribution is 6.05. The Bertz CT molecular complexity index is 1030. The lowest BCUT2D eigenvalue weighted by Gasteiger charge is -2.34. The molecule has 1 atom stereocenters. The van der Waals surface area contributed by atoms with Crippen molar-refractivity contribution in [1.29, 1.82) is 0 Å². The SMILES string of the molecule is O=C(C1CNC1)N1CCCCC1.O=C1CCC(N2Cc3cc(OC4CCCCC4)ccc3C2=O)C(=O)N1. The Hall–Kier alpha value is -2.94. The van der Waals surface area contributed by atoms with Gasteiger partial charge in [-0.05, 0) is 75.1 Å². The van der Waals surface area contributed by atoms with Crippen molar-refractivity contribution in [2.24, 2.45) is 5.92 Å². The van der Waals surface area contributed by atoms with Crippen LogP contribution in [0.2, 0.25) is 0 Å². The third-order valence-electron chi connectivity index (χ3n) is 8.15. The van der Waals surface area contributed by atoms with E-state index < -0.39 is 6.04 Å². The Kier molecular flexibility index (Phi) is 8.08. The molecule has 4 fully saturated rings. The molecule has 9 nitrogen and oxygen atoms in total. The fraction of sp³-hybridized carbons (Fsp3) is 0.643. The van der Waals surface area contributed by atoms with E-state index in [1.165, 1.54) is 38.5 Å². The summed E-state index contributed by atoms with van der Waals surface area (Å²) in [4.78, 5) is 51.3. The topological polar surface area (TPSA) is 108 Å². The molecule has 1 aromatic rings. The number of rotatable bonds is 4. The summed E-state index contributed by atoms with van der Waals surface area (Å²) in [5, 5.41) is 5.46. The summed E-state index contributed by atoms with van der Waals surface area (Å²) in [6.07, 6.45) is 10.5. The van der Waals surface area contributed by atoms with E-state index in [2.05, 4.69) is 10.6 Å². The number of amides is 4. The van der Waals surface area contributed by atoms with Crippen molar-refractivity contribution >= 4 is 23.6 Å². The number of likely N-dealkylation sites (tertiary alicyclic amines) is 1. The summed E-state index contributed by atoms with van der Waals surface area (Å²) in [5.41, 5.74) is 1.52. The second-order valence-electron chi connectivity index (χ2n) is 10.8. The van der Waals surface area contributed by atoms with Gasteiger partial charge >= 0.3 is 0 Å². The predicted molar refractivity (Wildman–Crippen MR) is 137 cm³/mol. The molecule has 4 amide bonds. The Morgan fingerprint density at radius 1 is 0.919 bits per heavy atom. The first-order valence-corrected chi connectivity index (χ1v) is 13.9. The van der Waals surface area contributed by atoms with Crippen molar-refractivity contribution in [2.45, 2.75) is 82.9 Å². The molecule has 0 aromatic heterocycles. The zero-order valence-corrected chi connectivity index (χ0v) is 21.5. The minimum Gasteiger partial charge on any atom is -0.490 e. The molecular formula is C28H38N4O5. The summed E-state index contributed by atoms with van der Waals surface area (Å²) in [6, 6.07) is 5.00. The van der Waals surface area contributed by atoms with Crippen LogP contribution in [0.3, 0.4) is 0 Å². The summed E-state index contributed by atoms with van der Waals surface area (Å²) in [6.45, 7) is 4.18. The number of carbonyl (C=O) groups is 4. The molecule has 9 heteroatoms. The fourth-order valence-electron chi connectivity index (χ4n) is 5.84. The first-order chi connectivity index (χ1) is 18.0. The van der Waals surface area contributed by atoms with E-state index in [9.17, 15) is 19.2 Å². The molecule has 2 N–H and O–H groups in total.